The third-order valence-electron chi connectivity index (χ3n) is 3.96. The van der Waals surface area contributed by atoms with E-state index in [0.717, 1.165) is 22.6 Å². The Morgan fingerprint density at radius 3 is 2.24 bits per heavy atom. The van der Waals surface area contributed by atoms with Crippen LogP contribution in [0.2, 0.25) is 0 Å². The average Bonchev–Trinajstić information content (AvgIpc) is 2.86. The third kappa shape index (κ3) is 6.03. The standard InChI is InChI=1S/C18H26N4O.2ClH/c1-12(11-19-5)18(23)20-15(4)16-6-8-17(9-7-16)22-14(3)10-13(2)21-22;;/h6-10,12,15,19H,11H2,1-5H3,(H,20,23);2*1H. The molecular formula is C18H28Cl2N4O. The first kappa shape index (κ1) is 23.4. The number of benzene rings is 1. The monoisotopic (exact) mass is 386 g/mol. The van der Waals surface area contributed by atoms with Crippen LogP contribution in [0.15, 0.2) is 30.3 Å². The summed E-state index contributed by atoms with van der Waals surface area (Å²) in [4.78, 5) is 12.1. The number of halogens is 2. The summed E-state index contributed by atoms with van der Waals surface area (Å²) in [6.07, 6.45) is 0. The first-order valence-corrected chi connectivity index (χ1v) is 8.01. The molecule has 2 atom stereocenters. The molecule has 1 aromatic heterocycles. The number of aromatic nitrogens is 2. The van der Waals surface area contributed by atoms with Crippen LogP contribution in [0.1, 0.15) is 36.8 Å². The van der Waals surface area contributed by atoms with Gasteiger partial charge in [0.2, 0.25) is 5.91 Å². The number of hydrogen-bond donors (Lipinski definition) is 2. The highest BCUT2D eigenvalue weighted by Crippen LogP contribution is 2.17. The molecule has 7 heteroatoms. The molecule has 0 aliphatic carbocycles. The van der Waals surface area contributed by atoms with Crippen LogP contribution in [0, 0.1) is 19.8 Å². The highest BCUT2D eigenvalue weighted by atomic mass is 35.5. The van der Waals surface area contributed by atoms with E-state index in [-0.39, 0.29) is 42.7 Å². The van der Waals surface area contributed by atoms with Crippen molar-refractivity contribution < 1.29 is 4.79 Å². The largest absolute Gasteiger partial charge is 0.349 e. The van der Waals surface area contributed by atoms with Crippen LogP contribution >= 0.6 is 24.8 Å². The summed E-state index contributed by atoms with van der Waals surface area (Å²) in [7, 11) is 1.85. The second-order valence-corrected chi connectivity index (χ2v) is 6.12. The Kier molecular flexibility index (Phi) is 9.78. The minimum atomic E-state index is -0.0450. The lowest BCUT2D eigenvalue weighted by molar-refractivity contribution is -0.125. The molecule has 1 amide bonds. The van der Waals surface area contributed by atoms with Gasteiger partial charge in [0.25, 0.3) is 0 Å². The highest BCUT2D eigenvalue weighted by Gasteiger charge is 2.15. The normalized spacial score (nSPS) is 12.5. The molecule has 0 fully saturated rings. The van der Waals surface area contributed by atoms with Crippen molar-refractivity contribution in [1.29, 1.82) is 0 Å². The van der Waals surface area contributed by atoms with Crippen molar-refractivity contribution in [3.8, 4) is 5.69 Å². The Balaban J connectivity index is 0.00000288. The van der Waals surface area contributed by atoms with Crippen LogP contribution in [0.3, 0.4) is 0 Å². The Bertz CT molecular complexity index is 670. The topological polar surface area (TPSA) is 59.0 Å². The molecule has 0 spiro atoms. The molecule has 25 heavy (non-hydrogen) atoms. The number of nitrogens with one attached hydrogen (secondary N) is 2. The maximum Gasteiger partial charge on any atom is 0.224 e. The lowest BCUT2D eigenvalue weighted by Crippen LogP contribution is -2.35. The van der Waals surface area contributed by atoms with Gasteiger partial charge in [-0.25, -0.2) is 4.68 Å². The molecule has 1 heterocycles. The molecule has 0 aliphatic heterocycles. The van der Waals surface area contributed by atoms with E-state index in [1.54, 1.807) is 0 Å². The Morgan fingerprint density at radius 2 is 1.76 bits per heavy atom. The zero-order valence-corrected chi connectivity index (χ0v) is 17.0. The molecule has 140 valence electrons. The van der Waals surface area contributed by atoms with Gasteiger partial charge in [-0.3, -0.25) is 4.79 Å². The van der Waals surface area contributed by atoms with Gasteiger partial charge in [-0.15, -0.1) is 24.8 Å². The van der Waals surface area contributed by atoms with Gasteiger partial charge < -0.3 is 10.6 Å². The van der Waals surface area contributed by atoms with Gasteiger partial charge in [-0.2, -0.15) is 5.10 Å². The van der Waals surface area contributed by atoms with E-state index in [0.29, 0.717) is 6.54 Å². The number of aryl methyl sites for hydroxylation is 2. The van der Waals surface area contributed by atoms with Crippen LogP contribution in [0.25, 0.3) is 5.69 Å². The van der Waals surface area contributed by atoms with Gasteiger partial charge in [0, 0.05) is 18.2 Å². The molecule has 0 aliphatic rings. The summed E-state index contributed by atoms with van der Waals surface area (Å²) in [5, 5.41) is 10.6. The third-order valence-corrected chi connectivity index (χ3v) is 3.96. The van der Waals surface area contributed by atoms with Gasteiger partial charge >= 0.3 is 0 Å². The van der Waals surface area contributed by atoms with Crippen molar-refractivity contribution in [2.75, 3.05) is 13.6 Å². The molecule has 2 aromatic rings. The summed E-state index contributed by atoms with van der Waals surface area (Å²) >= 11 is 0. The predicted molar refractivity (Wildman–Crippen MR) is 107 cm³/mol. The minimum Gasteiger partial charge on any atom is -0.349 e. The second-order valence-electron chi connectivity index (χ2n) is 6.12. The number of carbonyl (C=O) groups excluding carboxylic acids is 1. The molecule has 0 radical (unpaired) electrons. The number of carbonyl (C=O) groups is 1. The van der Waals surface area contributed by atoms with Crippen LogP contribution < -0.4 is 10.6 Å². The van der Waals surface area contributed by atoms with Gasteiger partial charge in [0.1, 0.15) is 0 Å². The van der Waals surface area contributed by atoms with E-state index >= 15 is 0 Å². The van der Waals surface area contributed by atoms with E-state index in [1.165, 1.54) is 0 Å². The second kappa shape index (κ2) is 10.4. The van der Waals surface area contributed by atoms with Crippen LogP contribution in [0.5, 0.6) is 0 Å². The molecule has 0 saturated heterocycles. The fraction of sp³-hybridized carbons (Fsp3) is 0.444. The number of amides is 1. The van der Waals surface area contributed by atoms with Crippen molar-refractivity contribution in [3.63, 3.8) is 0 Å². The smallest absolute Gasteiger partial charge is 0.224 e. The molecule has 2 rings (SSSR count). The summed E-state index contributed by atoms with van der Waals surface area (Å²) in [5.41, 5.74) is 4.23. The first-order valence-electron chi connectivity index (χ1n) is 8.01. The maximum atomic E-state index is 12.1. The number of nitrogens with zero attached hydrogens (tertiary/aromatic N) is 2. The van der Waals surface area contributed by atoms with Crippen molar-refractivity contribution >= 4 is 30.7 Å². The zero-order chi connectivity index (χ0) is 17.0. The van der Waals surface area contributed by atoms with Crippen molar-refractivity contribution in [2.45, 2.75) is 33.7 Å². The Morgan fingerprint density at radius 1 is 1.16 bits per heavy atom. The van der Waals surface area contributed by atoms with Gasteiger partial charge in [-0.1, -0.05) is 19.1 Å². The molecule has 2 N–H and O–H groups in total. The van der Waals surface area contributed by atoms with Crippen molar-refractivity contribution in [2.24, 2.45) is 5.92 Å². The first-order chi connectivity index (χ1) is 10.9. The summed E-state index contributed by atoms with van der Waals surface area (Å²) in [5.74, 6) is 0.0193. The summed E-state index contributed by atoms with van der Waals surface area (Å²) < 4.78 is 1.93. The average molecular weight is 387 g/mol. The van der Waals surface area contributed by atoms with Crippen LogP contribution in [-0.4, -0.2) is 29.3 Å². The molecule has 1 aromatic carbocycles. The Hall–Kier alpha value is -1.56. The highest BCUT2D eigenvalue weighted by molar-refractivity contribution is 5.85. The summed E-state index contributed by atoms with van der Waals surface area (Å²) in [6.45, 7) is 8.63. The Labute approximate surface area is 162 Å². The molecule has 0 saturated carbocycles. The fourth-order valence-electron chi connectivity index (χ4n) is 2.63. The summed E-state index contributed by atoms with van der Waals surface area (Å²) in [6, 6.07) is 10.2. The van der Waals surface area contributed by atoms with Crippen molar-refractivity contribution in [3.05, 3.63) is 47.3 Å². The van der Waals surface area contributed by atoms with Gasteiger partial charge in [-0.05, 0) is 51.6 Å². The van der Waals surface area contributed by atoms with E-state index in [9.17, 15) is 4.79 Å². The minimum absolute atomic E-state index is 0. The van der Waals surface area contributed by atoms with E-state index in [2.05, 4.69) is 21.8 Å². The van der Waals surface area contributed by atoms with Gasteiger partial charge in [0.05, 0.1) is 17.4 Å². The molecule has 2 unspecified atom stereocenters. The van der Waals surface area contributed by atoms with Crippen LogP contribution in [-0.2, 0) is 4.79 Å². The van der Waals surface area contributed by atoms with Crippen LogP contribution in [0.4, 0.5) is 0 Å². The molecule has 0 bridgehead atoms. The number of rotatable bonds is 6. The fourth-order valence-corrected chi connectivity index (χ4v) is 2.63. The molecule has 5 nitrogen and oxygen atoms in total. The lowest BCUT2D eigenvalue weighted by atomic mass is 10.1. The quantitative estimate of drug-likeness (QED) is 0.799. The number of hydrogen-bond acceptors (Lipinski definition) is 3. The van der Waals surface area contributed by atoms with E-state index in [4.69, 9.17) is 0 Å². The zero-order valence-electron chi connectivity index (χ0n) is 15.4. The van der Waals surface area contributed by atoms with Crippen molar-refractivity contribution in [1.82, 2.24) is 20.4 Å². The SMILES string of the molecule is CNCC(C)C(=O)NC(C)c1ccc(-n2nc(C)cc2C)cc1.Cl.Cl. The molecular weight excluding hydrogens is 359 g/mol. The lowest BCUT2D eigenvalue weighted by Gasteiger charge is -2.18. The maximum absolute atomic E-state index is 12.1. The van der Waals surface area contributed by atoms with Gasteiger partial charge in [0.15, 0.2) is 0 Å². The van der Waals surface area contributed by atoms with E-state index < -0.39 is 0 Å². The predicted octanol–water partition coefficient (Wildman–Crippen LogP) is 3.37. The van der Waals surface area contributed by atoms with E-state index in [1.807, 2.05) is 63.7 Å².